The molecular weight excluding hydrogens is 446 g/mol. The Bertz CT molecular complexity index is 716. The molecule has 4 aliphatic rings. The van der Waals surface area contributed by atoms with Crippen LogP contribution in [-0.4, -0.2) is 43.3 Å². The van der Waals surface area contributed by atoms with E-state index in [-0.39, 0.29) is 0 Å². The van der Waals surface area contributed by atoms with Crippen molar-refractivity contribution in [3.63, 3.8) is 0 Å². The Morgan fingerprint density at radius 1 is 0.944 bits per heavy atom. The summed E-state index contributed by atoms with van der Waals surface area (Å²) < 4.78 is 0. The number of aliphatic carboxylic acids is 1. The average Bonchev–Trinajstić information content (AvgIpc) is 3.21. The Kier molecular flexibility index (Phi) is 9.82. The van der Waals surface area contributed by atoms with Gasteiger partial charge in [-0.2, -0.15) is 0 Å². The first-order valence-corrected chi connectivity index (χ1v) is 15.7. The van der Waals surface area contributed by atoms with E-state index in [9.17, 15) is 9.90 Å². The fourth-order valence-electron chi connectivity index (χ4n) is 10.0. The topological polar surface area (TPSA) is 87.4 Å². The molecule has 208 valence electrons. The van der Waals surface area contributed by atoms with Gasteiger partial charge in [0.15, 0.2) is 0 Å². The Hall–Kier alpha value is -0.650. The summed E-state index contributed by atoms with van der Waals surface area (Å²) in [5, 5.41) is 16.7. The van der Waals surface area contributed by atoms with Crippen molar-refractivity contribution in [1.82, 2.24) is 10.6 Å². The molecule has 0 heterocycles. The lowest BCUT2D eigenvalue weighted by atomic mass is 9.44. The normalized spacial score (nSPS) is 40.8. The van der Waals surface area contributed by atoms with E-state index < -0.39 is 5.97 Å². The molecule has 9 atom stereocenters. The molecule has 0 bridgehead atoms. The molecule has 0 saturated heterocycles. The molecule has 0 radical (unpaired) electrons. The van der Waals surface area contributed by atoms with Gasteiger partial charge < -0.3 is 21.5 Å². The number of hydrogen-bond donors (Lipinski definition) is 4. The maximum Gasteiger partial charge on any atom is 0.303 e. The van der Waals surface area contributed by atoms with Crippen molar-refractivity contribution in [2.75, 3.05) is 26.2 Å². The molecule has 0 spiro atoms. The molecule has 4 fully saturated rings. The van der Waals surface area contributed by atoms with E-state index in [1.54, 1.807) is 0 Å². The lowest BCUT2D eigenvalue weighted by Crippen LogP contribution is -2.55. The maximum atomic E-state index is 11.2. The molecule has 0 aromatic carbocycles. The van der Waals surface area contributed by atoms with E-state index in [1.165, 1.54) is 70.6 Å². The second-order valence-corrected chi connectivity index (χ2v) is 13.8. The van der Waals surface area contributed by atoms with Crippen LogP contribution in [0, 0.1) is 46.3 Å². The van der Waals surface area contributed by atoms with Crippen molar-refractivity contribution in [3.05, 3.63) is 0 Å². The van der Waals surface area contributed by atoms with Crippen LogP contribution >= 0.6 is 0 Å². The van der Waals surface area contributed by atoms with Crippen LogP contribution in [0.25, 0.3) is 0 Å². The second-order valence-electron chi connectivity index (χ2n) is 13.8. The Labute approximate surface area is 221 Å². The quantitative estimate of drug-likeness (QED) is 0.238. The van der Waals surface area contributed by atoms with Gasteiger partial charge in [-0.1, -0.05) is 20.8 Å². The minimum absolute atomic E-state index is 0.338. The molecule has 0 amide bonds. The summed E-state index contributed by atoms with van der Waals surface area (Å²) in [6, 6.07) is 0.719. The molecule has 3 unspecified atom stereocenters. The third-order valence-corrected chi connectivity index (χ3v) is 12.0. The first kappa shape index (κ1) is 28.4. The van der Waals surface area contributed by atoms with Gasteiger partial charge in [0.2, 0.25) is 0 Å². The van der Waals surface area contributed by atoms with Gasteiger partial charge in [-0.3, -0.25) is 4.79 Å². The smallest absolute Gasteiger partial charge is 0.303 e. The molecule has 5 N–H and O–H groups in total. The van der Waals surface area contributed by atoms with E-state index >= 15 is 0 Å². The van der Waals surface area contributed by atoms with Crippen molar-refractivity contribution in [2.24, 2.45) is 52.1 Å². The van der Waals surface area contributed by atoms with Gasteiger partial charge in [0, 0.05) is 12.5 Å². The number of carboxylic acid groups (broad SMARTS) is 1. The van der Waals surface area contributed by atoms with E-state index in [1.807, 2.05) is 0 Å². The highest BCUT2D eigenvalue weighted by molar-refractivity contribution is 5.66. The molecule has 0 aromatic rings. The van der Waals surface area contributed by atoms with Crippen LogP contribution in [0.1, 0.15) is 111 Å². The monoisotopic (exact) mass is 503 g/mol. The molecule has 36 heavy (non-hydrogen) atoms. The summed E-state index contributed by atoms with van der Waals surface area (Å²) in [5.74, 6) is 4.25. The molecule has 5 nitrogen and oxygen atoms in total. The van der Waals surface area contributed by atoms with Crippen LogP contribution < -0.4 is 16.4 Å². The molecule has 0 aliphatic heterocycles. The Morgan fingerprint density at radius 2 is 1.69 bits per heavy atom. The lowest BCUT2D eigenvalue weighted by molar-refractivity contribution is -0.137. The second kappa shape index (κ2) is 12.5. The first-order chi connectivity index (χ1) is 17.3. The van der Waals surface area contributed by atoms with Crippen molar-refractivity contribution < 1.29 is 9.90 Å². The standard InChI is InChI=1S/C31H57N3O2/c1-22(7-12-29(35)36)26-10-11-27-25-9-8-23-21-24(34-20-6-19-33-18-5-4-17-32)13-15-30(23,2)28(25)14-16-31(26,27)3/h22-28,33-34H,4-21,32H2,1-3H3,(H,35,36)/t22-,23+,24+,25?,26-,27?,28?,30+,31-/m1/s1. The van der Waals surface area contributed by atoms with Crippen molar-refractivity contribution in [2.45, 2.75) is 117 Å². The number of carboxylic acids is 1. The zero-order chi connectivity index (χ0) is 25.8. The minimum Gasteiger partial charge on any atom is -0.481 e. The Balaban J connectivity index is 1.27. The van der Waals surface area contributed by atoms with Crippen LogP contribution in [0.5, 0.6) is 0 Å². The fraction of sp³-hybridized carbons (Fsp3) is 0.968. The summed E-state index contributed by atoms with van der Waals surface area (Å²) in [5.41, 5.74) is 6.56. The van der Waals surface area contributed by atoms with Gasteiger partial charge in [-0.05, 0) is 156 Å². The first-order valence-electron chi connectivity index (χ1n) is 15.7. The van der Waals surface area contributed by atoms with Crippen LogP contribution in [-0.2, 0) is 4.79 Å². The van der Waals surface area contributed by atoms with Gasteiger partial charge in [0.25, 0.3) is 0 Å². The highest BCUT2D eigenvalue weighted by atomic mass is 16.4. The predicted molar refractivity (Wildman–Crippen MR) is 149 cm³/mol. The third kappa shape index (κ3) is 5.99. The number of carbonyl (C=O) groups is 1. The van der Waals surface area contributed by atoms with Gasteiger partial charge in [0.05, 0.1) is 0 Å². The van der Waals surface area contributed by atoms with E-state index in [0.717, 1.165) is 74.7 Å². The zero-order valence-corrected chi connectivity index (χ0v) is 23.7. The number of nitrogens with one attached hydrogen (secondary N) is 2. The summed E-state index contributed by atoms with van der Waals surface area (Å²) in [6.45, 7) is 11.8. The van der Waals surface area contributed by atoms with Crippen LogP contribution in [0.3, 0.4) is 0 Å². The Morgan fingerprint density at radius 3 is 2.47 bits per heavy atom. The minimum atomic E-state index is -0.628. The molecule has 4 rings (SSSR count). The number of rotatable bonds is 13. The maximum absolute atomic E-state index is 11.2. The average molecular weight is 504 g/mol. The van der Waals surface area contributed by atoms with Gasteiger partial charge in [-0.15, -0.1) is 0 Å². The summed E-state index contributed by atoms with van der Waals surface area (Å²) >= 11 is 0. The number of fused-ring (bicyclic) bond motifs is 5. The van der Waals surface area contributed by atoms with Gasteiger partial charge >= 0.3 is 5.97 Å². The predicted octanol–water partition coefficient (Wildman–Crippen LogP) is 5.82. The highest BCUT2D eigenvalue weighted by Gasteiger charge is 2.60. The molecule has 5 heteroatoms. The highest BCUT2D eigenvalue weighted by Crippen LogP contribution is 2.68. The number of nitrogens with two attached hydrogens (primary N) is 1. The zero-order valence-electron chi connectivity index (χ0n) is 23.7. The summed E-state index contributed by atoms with van der Waals surface area (Å²) in [7, 11) is 0. The van der Waals surface area contributed by atoms with E-state index in [0.29, 0.717) is 23.2 Å². The van der Waals surface area contributed by atoms with Crippen molar-refractivity contribution in [3.8, 4) is 0 Å². The molecule has 4 aliphatic carbocycles. The van der Waals surface area contributed by atoms with Crippen molar-refractivity contribution in [1.29, 1.82) is 0 Å². The van der Waals surface area contributed by atoms with E-state index in [2.05, 4.69) is 31.4 Å². The lowest BCUT2D eigenvalue weighted by Gasteiger charge is -2.61. The van der Waals surface area contributed by atoms with Crippen LogP contribution in [0.2, 0.25) is 0 Å². The van der Waals surface area contributed by atoms with Crippen molar-refractivity contribution >= 4 is 5.97 Å². The third-order valence-electron chi connectivity index (χ3n) is 12.0. The molecular formula is C31H57N3O2. The van der Waals surface area contributed by atoms with Gasteiger partial charge in [-0.25, -0.2) is 0 Å². The van der Waals surface area contributed by atoms with Gasteiger partial charge in [0.1, 0.15) is 0 Å². The molecule has 0 aromatic heterocycles. The van der Waals surface area contributed by atoms with E-state index in [4.69, 9.17) is 5.73 Å². The SMILES string of the molecule is C[C@H](CCC(=O)O)[C@H]1CCC2C3CC[C@H]4C[C@@H](NCCCNCCCCN)CC[C@]4(C)C3CC[C@@]21C. The molecule has 4 saturated carbocycles. The largest absolute Gasteiger partial charge is 0.481 e. The number of unbranched alkanes of at least 4 members (excludes halogenated alkanes) is 1. The summed E-state index contributed by atoms with van der Waals surface area (Å²) in [6.07, 6.45) is 17.3. The van der Waals surface area contributed by atoms with Crippen LogP contribution in [0.4, 0.5) is 0 Å². The van der Waals surface area contributed by atoms with Crippen LogP contribution in [0.15, 0.2) is 0 Å². The fourth-order valence-corrected chi connectivity index (χ4v) is 10.0. The summed E-state index contributed by atoms with van der Waals surface area (Å²) in [4.78, 5) is 11.2. The number of hydrogen-bond acceptors (Lipinski definition) is 4.